The highest BCUT2D eigenvalue weighted by Gasteiger charge is 2.20. The molecule has 0 saturated carbocycles. The predicted octanol–water partition coefficient (Wildman–Crippen LogP) is 1.50. The molecule has 1 N–H and O–H groups in total. The normalized spacial score (nSPS) is 10.2. The Morgan fingerprint density at radius 2 is 2.10 bits per heavy atom. The molecule has 8 nitrogen and oxygen atoms in total. The molecule has 2 aromatic heterocycles. The highest BCUT2D eigenvalue weighted by atomic mass is 16.6. The lowest BCUT2D eigenvalue weighted by atomic mass is 10.2. The number of likely N-dealkylation sites (N-methyl/N-ethyl adjacent to an activating group) is 1. The molecule has 0 saturated heterocycles. The van der Waals surface area contributed by atoms with Crippen LogP contribution in [0, 0.1) is 10.1 Å². The van der Waals surface area contributed by atoms with Crippen molar-refractivity contribution < 1.29 is 4.92 Å². The van der Waals surface area contributed by atoms with Gasteiger partial charge in [-0.1, -0.05) is 0 Å². The molecule has 21 heavy (non-hydrogen) atoms. The number of hydrogen-bond donors (Lipinski definition) is 1. The van der Waals surface area contributed by atoms with Crippen LogP contribution in [-0.2, 0) is 6.42 Å². The molecule has 0 aromatic carbocycles. The molecule has 2 aromatic rings. The van der Waals surface area contributed by atoms with Crippen molar-refractivity contribution in [1.29, 1.82) is 0 Å². The van der Waals surface area contributed by atoms with E-state index in [0.717, 1.165) is 12.0 Å². The zero-order chi connectivity index (χ0) is 15.2. The number of rotatable bonds is 6. The van der Waals surface area contributed by atoms with E-state index in [4.69, 9.17) is 0 Å². The van der Waals surface area contributed by atoms with Crippen LogP contribution in [0.2, 0.25) is 0 Å². The molecule has 0 spiro atoms. The molecular weight excluding hydrogens is 272 g/mol. The summed E-state index contributed by atoms with van der Waals surface area (Å²) in [7, 11) is 3.44. The summed E-state index contributed by atoms with van der Waals surface area (Å²) < 4.78 is 0. The van der Waals surface area contributed by atoms with Gasteiger partial charge in [0.25, 0.3) is 0 Å². The van der Waals surface area contributed by atoms with E-state index in [1.807, 2.05) is 12.1 Å². The van der Waals surface area contributed by atoms with Crippen molar-refractivity contribution in [3.63, 3.8) is 0 Å². The van der Waals surface area contributed by atoms with Crippen molar-refractivity contribution in [2.75, 3.05) is 30.9 Å². The van der Waals surface area contributed by atoms with E-state index in [-0.39, 0.29) is 5.69 Å². The summed E-state index contributed by atoms with van der Waals surface area (Å²) in [5.41, 5.74) is 1.01. The Kier molecular flexibility index (Phi) is 4.60. The van der Waals surface area contributed by atoms with E-state index in [0.29, 0.717) is 18.3 Å². The van der Waals surface area contributed by atoms with Crippen molar-refractivity contribution in [2.45, 2.75) is 6.42 Å². The largest absolute Gasteiger partial charge is 0.357 e. The molecule has 110 valence electrons. The minimum atomic E-state index is -0.474. The molecule has 8 heteroatoms. The molecule has 0 fully saturated rings. The minimum absolute atomic E-state index is 0.105. The van der Waals surface area contributed by atoms with Crippen molar-refractivity contribution >= 4 is 17.5 Å². The third-order valence-corrected chi connectivity index (χ3v) is 3.02. The fraction of sp³-hybridized carbons (Fsp3) is 0.308. The van der Waals surface area contributed by atoms with Gasteiger partial charge < -0.3 is 10.2 Å². The molecule has 0 bridgehead atoms. The Morgan fingerprint density at radius 1 is 1.38 bits per heavy atom. The smallest absolute Gasteiger partial charge is 0.329 e. The van der Waals surface area contributed by atoms with Crippen LogP contribution in [0.5, 0.6) is 0 Å². The monoisotopic (exact) mass is 288 g/mol. The van der Waals surface area contributed by atoms with Gasteiger partial charge in [0, 0.05) is 33.0 Å². The van der Waals surface area contributed by atoms with Gasteiger partial charge in [0.2, 0.25) is 11.8 Å². The van der Waals surface area contributed by atoms with Crippen molar-refractivity contribution in [3.8, 4) is 0 Å². The van der Waals surface area contributed by atoms with E-state index in [2.05, 4.69) is 20.3 Å². The fourth-order valence-electron chi connectivity index (χ4n) is 1.85. The molecule has 0 unspecified atom stereocenters. The highest BCUT2D eigenvalue weighted by molar-refractivity contribution is 5.58. The average molecular weight is 288 g/mol. The predicted molar refractivity (Wildman–Crippen MR) is 79.4 cm³/mol. The molecule has 0 aliphatic rings. The third-order valence-electron chi connectivity index (χ3n) is 3.02. The van der Waals surface area contributed by atoms with E-state index in [1.54, 1.807) is 31.4 Å². The summed E-state index contributed by atoms with van der Waals surface area (Å²) in [6.07, 6.45) is 5.41. The number of pyridine rings is 1. The molecule has 0 aliphatic carbocycles. The molecule has 0 atom stereocenters. The maximum absolute atomic E-state index is 11.1. The number of aromatic nitrogens is 3. The average Bonchev–Trinajstić information content (AvgIpc) is 2.52. The molecule has 0 amide bonds. The molecule has 2 heterocycles. The summed E-state index contributed by atoms with van der Waals surface area (Å²) in [6.45, 7) is 0.602. The maximum Gasteiger partial charge on any atom is 0.329 e. The summed E-state index contributed by atoms with van der Waals surface area (Å²) in [4.78, 5) is 24.4. The maximum atomic E-state index is 11.1. The first kappa shape index (κ1) is 14.6. The van der Waals surface area contributed by atoms with Crippen molar-refractivity contribution in [3.05, 3.63) is 46.4 Å². The Hall–Kier alpha value is -2.77. The molecule has 0 radical (unpaired) electrons. The van der Waals surface area contributed by atoms with Crippen LogP contribution in [0.3, 0.4) is 0 Å². The zero-order valence-corrected chi connectivity index (χ0v) is 11.9. The van der Waals surface area contributed by atoms with Crippen LogP contribution in [0.4, 0.5) is 17.5 Å². The van der Waals surface area contributed by atoms with Gasteiger partial charge in [-0.05, 0) is 24.1 Å². The first-order chi connectivity index (χ1) is 10.1. The summed E-state index contributed by atoms with van der Waals surface area (Å²) >= 11 is 0. The fourth-order valence-corrected chi connectivity index (χ4v) is 1.85. The van der Waals surface area contributed by atoms with Crippen molar-refractivity contribution in [2.24, 2.45) is 0 Å². The quantitative estimate of drug-likeness (QED) is 0.635. The Labute approximate surface area is 122 Å². The summed E-state index contributed by atoms with van der Waals surface area (Å²) in [6, 6.07) is 3.84. The van der Waals surface area contributed by atoms with E-state index >= 15 is 0 Å². The summed E-state index contributed by atoms with van der Waals surface area (Å²) in [5.74, 6) is 0.653. The van der Waals surface area contributed by atoms with Gasteiger partial charge in [0.1, 0.15) is 6.20 Å². The Balaban J connectivity index is 2.17. The van der Waals surface area contributed by atoms with Crippen LogP contribution in [0.25, 0.3) is 0 Å². The van der Waals surface area contributed by atoms with Crippen LogP contribution in [0.1, 0.15) is 5.56 Å². The van der Waals surface area contributed by atoms with Crippen LogP contribution < -0.4 is 10.2 Å². The third kappa shape index (κ3) is 3.62. The number of hydrogen-bond acceptors (Lipinski definition) is 7. The van der Waals surface area contributed by atoms with Crippen LogP contribution in [0.15, 0.2) is 30.7 Å². The topological polar surface area (TPSA) is 97.1 Å². The molecule has 2 rings (SSSR count). The number of nitrogens with one attached hydrogen (secondary N) is 1. The number of nitrogens with zero attached hydrogens (tertiary/aromatic N) is 5. The Bertz CT molecular complexity index is 619. The van der Waals surface area contributed by atoms with Gasteiger partial charge in [-0.15, -0.1) is 0 Å². The molecule has 0 aliphatic heterocycles. The lowest BCUT2D eigenvalue weighted by Gasteiger charge is -2.18. The standard InChI is InChI=1S/C13H16N6O2/c1-14-13-16-9-11(19(20)21)12(17-13)18(2)8-5-10-3-6-15-7-4-10/h3-4,6-7,9H,5,8H2,1-2H3,(H,14,16,17). The van der Waals surface area contributed by atoms with Gasteiger partial charge in [-0.25, -0.2) is 4.98 Å². The van der Waals surface area contributed by atoms with E-state index < -0.39 is 4.92 Å². The van der Waals surface area contributed by atoms with Gasteiger partial charge in [0.15, 0.2) is 0 Å². The number of nitro groups is 1. The number of anilines is 2. The second kappa shape index (κ2) is 6.60. The van der Waals surface area contributed by atoms with Crippen LogP contribution in [-0.4, -0.2) is 40.5 Å². The van der Waals surface area contributed by atoms with Crippen molar-refractivity contribution in [1.82, 2.24) is 15.0 Å². The summed E-state index contributed by atoms with van der Waals surface area (Å²) in [5, 5.41) is 13.9. The highest BCUT2D eigenvalue weighted by Crippen LogP contribution is 2.25. The van der Waals surface area contributed by atoms with E-state index in [9.17, 15) is 10.1 Å². The zero-order valence-electron chi connectivity index (χ0n) is 11.9. The molecular formula is C13H16N6O2. The second-order valence-electron chi connectivity index (χ2n) is 4.44. The van der Waals surface area contributed by atoms with Gasteiger partial charge in [0.05, 0.1) is 4.92 Å². The SMILES string of the molecule is CNc1ncc([N+](=O)[O-])c(N(C)CCc2ccncc2)n1. The van der Waals surface area contributed by atoms with Crippen LogP contribution >= 0.6 is 0 Å². The van der Waals surface area contributed by atoms with Gasteiger partial charge in [-0.3, -0.25) is 15.1 Å². The van der Waals surface area contributed by atoms with Gasteiger partial charge in [-0.2, -0.15) is 4.98 Å². The lowest BCUT2D eigenvalue weighted by Crippen LogP contribution is -2.23. The van der Waals surface area contributed by atoms with E-state index in [1.165, 1.54) is 6.20 Å². The van der Waals surface area contributed by atoms with Gasteiger partial charge >= 0.3 is 5.69 Å². The first-order valence-corrected chi connectivity index (χ1v) is 6.41. The second-order valence-corrected chi connectivity index (χ2v) is 4.44. The first-order valence-electron chi connectivity index (χ1n) is 6.41. The minimum Gasteiger partial charge on any atom is -0.357 e. The Morgan fingerprint density at radius 3 is 2.71 bits per heavy atom. The lowest BCUT2D eigenvalue weighted by molar-refractivity contribution is -0.384.